The van der Waals surface area contributed by atoms with Gasteiger partial charge in [0.05, 0.1) is 19.6 Å². The van der Waals surface area contributed by atoms with E-state index in [-0.39, 0.29) is 19.6 Å². The van der Waals surface area contributed by atoms with Crippen molar-refractivity contribution >= 4 is 29.3 Å². The summed E-state index contributed by atoms with van der Waals surface area (Å²) >= 11 is 0. The maximum atomic E-state index is 12.0. The SMILES string of the molecule is CCCCCNc1c(NCCNCN2CCN(CC(=O)O)CCN(CC(=O)O)CCN(CC(=O)O)CC2)c(=O)c1=O. The summed E-state index contributed by atoms with van der Waals surface area (Å²) in [6, 6.07) is 0. The maximum Gasteiger partial charge on any atom is 0.317 e. The molecule has 0 amide bonds. The number of nitrogens with zero attached hydrogens (tertiary/aromatic N) is 4. The Hall–Kier alpha value is -3.11. The predicted octanol–water partition coefficient (Wildman–Crippen LogP) is -1.68. The molecule has 2 rings (SSSR count). The number of hydrogen-bond donors (Lipinski definition) is 6. The summed E-state index contributed by atoms with van der Waals surface area (Å²) < 4.78 is 0. The first kappa shape index (κ1) is 34.1. The van der Waals surface area contributed by atoms with E-state index in [9.17, 15) is 39.3 Å². The molecule has 0 aromatic heterocycles. The largest absolute Gasteiger partial charge is 0.480 e. The third kappa shape index (κ3) is 12.9. The van der Waals surface area contributed by atoms with Gasteiger partial charge in [-0.3, -0.25) is 43.6 Å². The maximum absolute atomic E-state index is 12.0. The van der Waals surface area contributed by atoms with Crippen molar-refractivity contribution in [1.82, 2.24) is 24.9 Å². The van der Waals surface area contributed by atoms with Crippen LogP contribution >= 0.6 is 0 Å². The summed E-state index contributed by atoms with van der Waals surface area (Å²) in [5.74, 6) is -2.94. The molecule has 232 valence electrons. The minimum Gasteiger partial charge on any atom is -0.480 e. The third-order valence-electron chi connectivity index (χ3n) is 6.94. The van der Waals surface area contributed by atoms with E-state index in [2.05, 4.69) is 27.8 Å². The monoisotopic (exact) mass is 583 g/mol. The zero-order valence-corrected chi connectivity index (χ0v) is 23.9. The van der Waals surface area contributed by atoms with Crippen LogP contribution in [0.5, 0.6) is 0 Å². The van der Waals surface area contributed by atoms with Crippen LogP contribution in [0.4, 0.5) is 11.4 Å². The Morgan fingerprint density at radius 2 is 1.00 bits per heavy atom. The molecule has 41 heavy (non-hydrogen) atoms. The Balaban J connectivity index is 1.94. The van der Waals surface area contributed by atoms with E-state index in [1.807, 2.05) is 0 Å². The fourth-order valence-electron chi connectivity index (χ4n) is 4.62. The average molecular weight is 584 g/mol. The average Bonchev–Trinajstić information content (AvgIpc) is 2.91. The number of carboxylic acid groups (broad SMARTS) is 3. The summed E-state index contributed by atoms with van der Waals surface area (Å²) in [7, 11) is 0. The van der Waals surface area contributed by atoms with Crippen molar-refractivity contribution in [3.8, 4) is 0 Å². The van der Waals surface area contributed by atoms with Gasteiger partial charge in [0.2, 0.25) is 0 Å². The molecule has 1 heterocycles. The van der Waals surface area contributed by atoms with E-state index in [1.165, 1.54) is 0 Å². The van der Waals surface area contributed by atoms with Crippen molar-refractivity contribution in [2.75, 3.05) is 109 Å². The van der Waals surface area contributed by atoms with Gasteiger partial charge >= 0.3 is 17.9 Å². The Morgan fingerprint density at radius 1 is 0.610 bits per heavy atom. The molecule has 0 bridgehead atoms. The van der Waals surface area contributed by atoms with Crippen molar-refractivity contribution < 1.29 is 29.7 Å². The molecule has 1 aromatic rings. The fourth-order valence-corrected chi connectivity index (χ4v) is 4.62. The van der Waals surface area contributed by atoms with Gasteiger partial charge in [-0.2, -0.15) is 0 Å². The summed E-state index contributed by atoms with van der Waals surface area (Å²) in [4.78, 5) is 65.3. The summed E-state index contributed by atoms with van der Waals surface area (Å²) in [5, 5.41) is 37.3. The van der Waals surface area contributed by atoms with E-state index in [0.717, 1.165) is 19.3 Å². The Kier molecular flexibility index (Phi) is 15.3. The second kappa shape index (κ2) is 18.3. The molecule has 1 aromatic carbocycles. The highest BCUT2D eigenvalue weighted by Crippen LogP contribution is 2.14. The predicted molar refractivity (Wildman–Crippen MR) is 155 cm³/mol. The summed E-state index contributed by atoms with van der Waals surface area (Å²) in [6.07, 6.45) is 3.01. The molecule has 0 spiro atoms. The highest BCUT2D eigenvalue weighted by molar-refractivity contribution is 5.74. The van der Waals surface area contributed by atoms with Gasteiger partial charge in [0.15, 0.2) is 0 Å². The number of unbranched alkanes of at least 4 members (excludes halogenated alkanes) is 2. The normalized spacial score (nSPS) is 17.1. The number of nitrogens with one attached hydrogen (secondary N) is 3. The van der Waals surface area contributed by atoms with Gasteiger partial charge in [-0.15, -0.1) is 0 Å². The minimum absolute atomic E-state index is 0.173. The highest BCUT2D eigenvalue weighted by atomic mass is 16.4. The van der Waals surface area contributed by atoms with Gasteiger partial charge in [-0.25, -0.2) is 0 Å². The van der Waals surface area contributed by atoms with Crippen molar-refractivity contribution in [2.45, 2.75) is 26.2 Å². The van der Waals surface area contributed by atoms with Crippen LogP contribution in [0, 0.1) is 0 Å². The Labute approximate surface area is 239 Å². The second-order valence-electron chi connectivity index (χ2n) is 10.3. The fraction of sp³-hybridized carbons (Fsp3) is 0.731. The van der Waals surface area contributed by atoms with Crippen LogP contribution < -0.4 is 26.8 Å². The zero-order valence-electron chi connectivity index (χ0n) is 23.9. The third-order valence-corrected chi connectivity index (χ3v) is 6.94. The molecule has 1 aliphatic heterocycles. The van der Waals surface area contributed by atoms with Gasteiger partial charge in [0.1, 0.15) is 11.4 Å². The first-order chi connectivity index (χ1) is 19.6. The summed E-state index contributed by atoms with van der Waals surface area (Å²) in [6.45, 7) is 6.82. The van der Waals surface area contributed by atoms with Gasteiger partial charge < -0.3 is 31.3 Å². The van der Waals surface area contributed by atoms with Crippen LogP contribution in [0.2, 0.25) is 0 Å². The van der Waals surface area contributed by atoms with E-state index < -0.39 is 28.8 Å². The molecule has 0 atom stereocenters. The number of rotatable bonds is 17. The minimum atomic E-state index is -0.998. The molecule has 1 aliphatic rings. The summed E-state index contributed by atoms with van der Waals surface area (Å²) in [5.41, 5.74) is -0.373. The van der Waals surface area contributed by atoms with Crippen molar-refractivity contribution in [3.63, 3.8) is 0 Å². The quantitative estimate of drug-likeness (QED) is 0.0898. The zero-order chi connectivity index (χ0) is 30.2. The van der Waals surface area contributed by atoms with Crippen LogP contribution in [0.3, 0.4) is 0 Å². The number of hydrogen-bond acceptors (Lipinski definition) is 12. The number of carbonyl (C=O) groups is 3. The lowest BCUT2D eigenvalue weighted by molar-refractivity contribution is -0.140. The Morgan fingerprint density at radius 3 is 1.39 bits per heavy atom. The topological polar surface area (TPSA) is 195 Å². The first-order valence-electron chi connectivity index (χ1n) is 14.2. The van der Waals surface area contributed by atoms with Crippen LogP contribution in [0.25, 0.3) is 0 Å². The standard InChI is InChI=1S/C26H45N7O8/c1-2-3-4-5-28-23-24(26(41)25(23)40)29-7-6-27-19-33-14-12-31(17-21(36)37)10-8-30(16-20(34)35)9-11-32(13-15-33)18-22(38)39/h27-29H,2-19H2,1H3,(H,34,35)(H,36,37)(H,38,39). The highest BCUT2D eigenvalue weighted by Gasteiger charge is 2.21. The van der Waals surface area contributed by atoms with E-state index in [4.69, 9.17) is 0 Å². The van der Waals surface area contributed by atoms with Gasteiger partial charge in [0, 0.05) is 78.7 Å². The van der Waals surface area contributed by atoms with E-state index in [0.29, 0.717) is 90.0 Å². The van der Waals surface area contributed by atoms with Crippen LogP contribution in [0.15, 0.2) is 9.59 Å². The molecular formula is C26H45N7O8. The molecular weight excluding hydrogens is 538 g/mol. The van der Waals surface area contributed by atoms with Crippen molar-refractivity contribution in [2.24, 2.45) is 0 Å². The number of anilines is 2. The molecule has 0 aliphatic carbocycles. The smallest absolute Gasteiger partial charge is 0.317 e. The molecule has 15 nitrogen and oxygen atoms in total. The van der Waals surface area contributed by atoms with E-state index >= 15 is 0 Å². The lowest BCUT2D eigenvalue weighted by atomic mass is 10.1. The first-order valence-corrected chi connectivity index (χ1v) is 14.2. The lowest BCUT2D eigenvalue weighted by Gasteiger charge is -2.33. The number of carboxylic acids is 3. The van der Waals surface area contributed by atoms with Crippen LogP contribution in [-0.2, 0) is 14.4 Å². The second-order valence-corrected chi connectivity index (χ2v) is 10.3. The molecule has 0 saturated carbocycles. The van der Waals surface area contributed by atoms with Crippen LogP contribution in [-0.4, -0.2) is 151 Å². The molecule has 0 radical (unpaired) electrons. The van der Waals surface area contributed by atoms with Crippen molar-refractivity contribution in [1.29, 1.82) is 0 Å². The molecule has 15 heteroatoms. The lowest BCUT2D eigenvalue weighted by Crippen LogP contribution is -2.50. The van der Waals surface area contributed by atoms with Gasteiger partial charge in [0.25, 0.3) is 10.9 Å². The van der Waals surface area contributed by atoms with Crippen molar-refractivity contribution in [3.05, 3.63) is 20.4 Å². The number of aliphatic carboxylic acids is 3. The van der Waals surface area contributed by atoms with Gasteiger partial charge in [-0.1, -0.05) is 19.8 Å². The van der Waals surface area contributed by atoms with Gasteiger partial charge in [-0.05, 0) is 6.42 Å². The van der Waals surface area contributed by atoms with Crippen LogP contribution in [0.1, 0.15) is 26.2 Å². The Bertz CT molecular complexity index is 1010. The molecule has 0 unspecified atom stereocenters. The molecule has 6 N–H and O–H groups in total. The molecule has 1 fully saturated rings. The molecule has 1 saturated heterocycles. The van der Waals surface area contributed by atoms with E-state index in [1.54, 1.807) is 14.7 Å².